The van der Waals surface area contributed by atoms with E-state index in [-0.39, 0.29) is 5.91 Å². The molecule has 0 spiro atoms. The number of carbonyl (C=O) groups is 2. The molecular formula is C17H15N5O3. The minimum absolute atomic E-state index is 0.247. The van der Waals surface area contributed by atoms with E-state index in [2.05, 4.69) is 25.6 Å². The molecule has 0 aliphatic rings. The Kier molecular flexibility index (Phi) is 4.79. The number of hydrogen-bond donors (Lipinski definition) is 1. The van der Waals surface area contributed by atoms with E-state index in [1.54, 1.807) is 48.5 Å². The molecule has 2 aromatic carbocycles. The summed E-state index contributed by atoms with van der Waals surface area (Å²) in [6.07, 6.45) is 1.43. The van der Waals surface area contributed by atoms with Crippen molar-refractivity contribution in [1.29, 1.82) is 0 Å². The summed E-state index contributed by atoms with van der Waals surface area (Å²) in [5.41, 5.74) is 2.37. The van der Waals surface area contributed by atoms with Gasteiger partial charge < -0.3 is 10.1 Å². The maximum absolute atomic E-state index is 12.5. The Morgan fingerprint density at radius 1 is 1.12 bits per heavy atom. The average Bonchev–Trinajstić information content (AvgIpc) is 3.20. The van der Waals surface area contributed by atoms with E-state index in [1.165, 1.54) is 18.1 Å². The quantitative estimate of drug-likeness (QED) is 0.706. The van der Waals surface area contributed by atoms with Gasteiger partial charge in [-0.1, -0.05) is 24.3 Å². The van der Waals surface area contributed by atoms with Gasteiger partial charge in [0.15, 0.2) is 0 Å². The highest BCUT2D eigenvalue weighted by molar-refractivity contribution is 5.97. The molecule has 0 fully saturated rings. The molecule has 0 bridgehead atoms. The van der Waals surface area contributed by atoms with Crippen molar-refractivity contribution in [2.45, 2.75) is 6.54 Å². The van der Waals surface area contributed by atoms with Crippen LogP contribution in [0, 0.1) is 0 Å². The van der Waals surface area contributed by atoms with Gasteiger partial charge in [0, 0.05) is 6.54 Å². The highest BCUT2D eigenvalue weighted by Gasteiger charge is 2.13. The second-order valence-electron chi connectivity index (χ2n) is 5.14. The lowest BCUT2D eigenvalue weighted by atomic mass is 10.1. The van der Waals surface area contributed by atoms with Crippen molar-refractivity contribution in [3.63, 3.8) is 0 Å². The molecule has 0 unspecified atom stereocenters. The lowest BCUT2D eigenvalue weighted by Gasteiger charge is -2.09. The minimum atomic E-state index is -0.397. The van der Waals surface area contributed by atoms with Crippen LogP contribution >= 0.6 is 0 Å². The highest BCUT2D eigenvalue weighted by atomic mass is 16.5. The highest BCUT2D eigenvalue weighted by Crippen LogP contribution is 2.13. The first-order valence-corrected chi connectivity index (χ1v) is 7.47. The van der Waals surface area contributed by atoms with Gasteiger partial charge in [0.2, 0.25) is 0 Å². The third-order valence-corrected chi connectivity index (χ3v) is 3.57. The van der Waals surface area contributed by atoms with Crippen LogP contribution < -0.4 is 5.32 Å². The molecule has 8 heteroatoms. The molecule has 1 amide bonds. The summed E-state index contributed by atoms with van der Waals surface area (Å²) in [5, 5.41) is 13.8. The Labute approximate surface area is 143 Å². The van der Waals surface area contributed by atoms with E-state index in [1.807, 2.05) is 0 Å². The predicted octanol–water partition coefficient (Wildman–Crippen LogP) is 1.38. The number of carbonyl (C=O) groups excluding carboxylic acids is 2. The largest absolute Gasteiger partial charge is 0.465 e. The summed E-state index contributed by atoms with van der Waals surface area (Å²) in [6.45, 7) is 0.324. The van der Waals surface area contributed by atoms with Crippen molar-refractivity contribution >= 4 is 11.9 Å². The number of benzene rings is 2. The number of rotatable bonds is 5. The fourth-order valence-electron chi connectivity index (χ4n) is 2.29. The van der Waals surface area contributed by atoms with Gasteiger partial charge in [0.1, 0.15) is 6.33 Å². The second kappa shape index (κ2) is 7.35. The zero-order valence-corrected chi connectivity index (χ0v) is 13.4. The summed E-state index contributed by atoms with van der Waals surface area (Å²) in [6, 6.07) is 13.9. The molecule has 8 nitrogen and oxygen atoms in total. The molecule has 0 radical (unpaired) electrons. The summed E-state index contributed by atoms with van der Waals surface area (Å²) in [7, 11) is 1.33. The zero-order chi connectivity index (χ0) is 17.6. The Morgan fingerprint density at radius 2 is 1.88 bits per heavy atom. The number of methoxy groups -OCH3 is 1. The molecule has 3 rings (SSSR count). The molecule has 1 N–H and O–H groups in total. The first-order valence-electron chi connectivity index (χ1n) is 7.47. The number of para-hydroxylation sites is 1. The number of tetrazole rings is 1. The SMILES string of the molecule is COC(=O)c1ccc(CNC(=O)c2ccccc2-n2cnnn2)cc1. The third kappa shape index (κ3) is 3.69. The molecule has 126 valence electrons. The monoisotopic (exact) mass is 337 g/mol. The Balaban J connectivity index is 1.70. The fraction of sp³-hybridized carbons (Fsp3) is 0.118. The molecule has 25 heavy (non-hydrogen) atoms. The normalized spacial score (nSPS) is 10.3. The van der Waals surface area contributed by atoms with Gasteiger partial charge in [0.25, 0.3) is 5.91 Å². The number of aromatic nitrogens is 4. The van der Waals surface area contributed by atoms with Gasteiger partial charge in [0.05, 0.1) is 23.9 Å². The maximum Gasteiger partial charge on any atom is 0.337 e. The van der Waals surface area contributed by atoms with E-state index < -0.39 is 5.97 Å². The van der Waals surface area contributed by atoms with Gasteiger partial charge >= 0.3 is 5.97 Å². The number of hydrogen-bond acceptors (Lipinski definition) is 6. The van der Waals surface area contributed by atoms with Crippen LogP contribution in [0.1, 0.15) is 26.3 Å². The molecule has 0 saturated heterocycles. The van der Waals surface area contributed by atoms with Crippen molar-refractivity contribution in [1.82, 2.24) is 25.5 Å². The molecule has 0 aliphatic carbocycles. The molecule has 0 aliphatic heterocycles. The van der Waals surface area contributed by atoms with E-state index >= 15 is 0 Å². The van der Waals surface area contributed by atoms with Crippen molar-refractivity contribution in [3.8, 4) is 5.69 Å². The first kappa shape index (κ1) is 16.3. The van der Waals surface area contributed by atoms with Gasteiger partial charge in [-0.05, 0) is 40.3 Å². The summed E-state index contributed by atoms with van der Waals surface area (Å²) < 4.78 is 6.08. The van der Waals surface area contributed by atoms with E-state index in [0.29, 0.717) is 23.4 Å². The van der Waals surface area contributed by atoms with Crippen molar-refractivity contribution in [3.05, 3.63) is 71.5 Å². The summed E-state index contributed by atoms with van der Waals surface area (Å²) >= 11 is 0. The van der Waals surface area contributed by atoms with Crippen LogP contribution in [0.2, 0.25) is 0 Å². The van der Waals surface area contributed by atoms with Gasteiger partial charge in [-0.25, -0.2) is 4.79 Å². The van der Waals surface area contributed by atoms with Crippen LogP contribution in [-0.2, 0) is 11.3 Å². The predicted molar refractivity (Wildman–Crippen MR) is 88.1 cm³/mol. The summed E-state index contributed by atoms with van der Waals surface area (Å²) in [5.74, 6) is -0.644. The summed E-state index contributed by atoms with van der Waals surface area (Å²) in [4.78, 5) is 23.9. The molecule has 3 aromatic rings. The number of nitrogens with one attached hydrogen (secondary N) is 1. The third-order valence-electron chi connectivity index (χ3n) is 3.57. The second-order valence-corrected chi connectivity index (χ2v) is 5.14. The molecular weight excluding hydrogens is 322 g/mol. The maximum atomic E-state index is 12.5. The van der Waals surface area contributed by atoms with Crippen LogP contribution in [0.5, 0.6) is 0 Å². The van der Waals surface area contributed by atoms with Crippen LogP contribution in [0.15, 0.2) is 54.9 Å². The van der Waals surface area contributed by atoms with Crippen LogP contribution in [0.25, 0.3) is 5.69 Å². The van der Waals surface area contributed by atoms with E-state index in [0.717, 1.165) is 5.56 Å². The topological polar surface area (TPSA) is 99.0 Å². The fourth-order valence-corrected chi connectivity index (χ4v) is 2.29. The van der Waals surface area contributed by atoms with Gasteiger partial charge in [-0.3, -0.25) is 4.79 Å². The number of nitrogens with zero attached hydrogens (tertiary/aromatic N) is 4. The van der Waals surface area contributed by atoms with E-state index in [9.17, 15) is 9.59 Å². The molecule has 1 aromatic heterocycles. The van der Waals surface area contributed by atoms with Crippen molar-refractivity contribution < 1.29 is 14.3 Å². The lowest BCUT2D eigenvalue weighted by molar-refractivity contribution is 0.0600. The average molecular weight is 337 g/mol. The van der Waals surface area contributed by atoms with Crippen molar-refractivity contribution in [2.75, 3.05) is 7.11 Å². The number of amides is 1. The first-order chi connectivity index (χ1) is 12.2. The number of ether oxygens (including phenoxy) is 1. The van der Waals surface area contributed by atoms with Crippen LogP contribution in [-0.4, -0.2) is 39.2 Å². The van der Waals surface area contributed by atoms with Gasteiger partial charge in [-0.2, -0.15) is 4.68 Å². The van der Waals surface area contributed by atoms with Crippen LogP contribution in [0.4, 0.5) is 0 Å². The Hall–Kier alpha value is -3.55. The van der Waals surface area contributed by atoms with Crippen molar-refractivity contribution in [2.24, 2.45) is 0 Å². The van der Waals surface area contributed by atoms with Crippen LogP contribution in [0.3, 0.4) is 0 Å². The molecule has 0 atom stereocenters. The smallest absolute Gasteiger partial charge is 0.337 e. The number of esters is 1. The molecule has 1 heterocycles. The van der Waals surface area contributed by atoms with E-state index in [4.69, 9.17) is 0 Å². The zero-order valence-electron chi connectivity index (χ0n) is 13.4. The Bertz CT molecular complexity index is 876. The molecule has 0 saturated carbocycles. The minimum Gasteiger partial charge on any atom is -0.465 e. The lowest BCUT2D eigenvalue weighted by Crippen LogP contribution is -2.24. The standard InChI is InChI=1S/C17H15N5O3/c1-25-17(24)13-8-6-12(7-9-13)10-18-16(23)14-4-2-3-5-15(14)22-11-19-20-21-22/h2-9,11H,10H2,1H3,(H,18,23). The van der Waals surface area contributed by atoms with Gasteiger partial charge in [-0.15, -0.1) is 5.10 Å². The Morgan fingerprint density at radius 3 is 2.56 bits per heavy atom.